The van der Waals surface area contributed by atoms with Gasteiger partial charge in [0.25, 0.3) is 11.1 Å². The van der Waals surface area contributed by atoms with Gasteiger partial charge in [0.05, 0.1) is 11.6 Å². The molecule has 2 aromatic heterocycles. The molecule has 0 amide bonds. The van der Waals surface area contributed by atoms with E-state index < -0.39 is 0 Å². The maximum absolute atomic E-state index is 12.0. The summed E-state index contributed by atoms with van der Waals surface area (Å²) in [5, 5.41) is 3.17. The van der Waals surface area contributed by atoms with Crippen molar-refractivity contribution in [1.82, 2.24) is 14.8 Å². The Morgan fingerprint density at radius 3 is 2.58 bits per heavy atom. The zero-order valence-electron chi connectivity index (χ0n) is 10.3. The Morgan fingerprint density at radius 2 is 1.95 bits per heavy atom. The molecule has 0 saturated heterocycles. The molecule has 5 nitrogen and oxygen atoms in total. The van der Waals surface area contributed by atoms with E-state index in [1.54, 1.807) is 13.8 Å². The Bertz CT molecular complexity index is 750. The highest BCUT2D eigenvalue weighted by atomic mass is 35.5. The average molecular weight is 300 g/mol. The predicted octanol–water partition coefficient (Wildman–Crippen LogP) is 1.90. The smallest absolute Gasteiger partial charge is 0.268 e. The van der Waals surface area contributed by atoms with Gasteiger partial charge in [0, 0.05) is 22.9 Å². The zero-order valence-corrected chi connectivity index (χ0v) is 11.8. The fraction of sp³-hybridized carbons (Fsp3) is 0.250. The summed E-state index contributed by atoms with van der Waals surface area (Å²) in [7, 11) is 0. The topological polar surface area (TPSA) is 67.8 Å². The first-order chi connectivity index (χ1) is 8.90. The van der Waals surface area contributed by atoms with Crippen LogP contribution in [0.1, 0.15) is 16.7 Å². The first kappa shape index (κ1) is 13.8. The van der Waals surface area contributed by atoms with E-state index in [-0.39, 0.29) is 22.8 Å². The van der Waals surface area contributed by atoms with Gasteiger partial charge in [-0.15, -0.1) is 0 Å². The average Bonchev–Trinajstić information content (AvgIpc) is 2.36. The van der Waals surface area contributed by atoms with Crippen LogP contribution in [-0.4, -0.2) is 14.8 Å². The molecule has 1 N–H and O–H groups in total. The molecule has 2 heterocycles. The van der Waals surface area contributed by atoms with Crippen molar-refractivity contribution in [2.75, 3.05) is 0 Å². The van der Waals surface area contributed by atoms with Crippen molar-refractivity contribution >= 4 is 23.2 Å². The molecule has 0 aromatic carbocycles. The van der Waals surface area contributed by atoms with E-state index in [9.17, 15) is 9.59 Å². The second-order valence-electron chi connectivity index (χ2n) is 4.18. The van der Waals surface area contributed by atoms with Gasteiger partial charge in [-0.05, 0) is 19.9 Å². The maximum Gasteiger partial charge on any atom is 0.268 e. The molecule has 0 fully saturated rings. The Kier molecular flexibility index (Phi) is 3.78. The van der Waals surface area contributed by atoms with Crippen LogP contribution in [0.5, 0.6) is 0 Å². The van der Waals surface area contributed by atoms with Crippen molar-refractivity contribution in [3.05, 3.63) is 59.8 Å². The fourth-order valence-corrected chi connectivity index (χ4v) is 2.05. The van der Waals surface area contributed by atoms with E-state index in [1.807, 2.05) is 0 Å². The van der Waals surface area contributed by atoms with Crippen LogP contribution in [0, 0.1) is 13.8 Å². The van der Waals surface area contributed by atoms with Crippen LogP contribution in [0.4, 0.5) is 0 Å². The quantitative estimate of drug-likeness (QED) is 0.861. The van der Waals surface area contributed by atoms with E-state index >= 15 is 0 Å². The summed E-state index contributed by atoms with van der Waals surface area (Å²) in [6, 6.07) is 1.49. The van der Waals surface area contributed by atoms with Crippen LogP contribution in [0.2, 0.25) is 10.2 Å². The van der Waals surface area contributed by atoms with E-state index in [4.69, 9.17) is 23.2 Å². The van der Waals surface area contributed by atoms with Crippen LogP contribution in [-0.2, 0) is 6.54 Å². The molecule has 2 aromatic rings. The predicted molar refractivity (Wildman–Crippen MR) is 74.2 cm³/mol. The summed E-state index contributed by atoms with van der Waals surface area (Å²) in [5.74, 6) is 0. The molecule has 100 valence electrons. The number of H-pyrrole nitrogens is 1. The highest BCUT2D eigenvalue weighted by Crippen LogP contribution is 2.18. The van der Waals surface area contributed by atoms with E-state index in [0.717, 1.165) is 0 Å². The van der Waals surface area contributed by atoms with Crippen molar-refractivity contribution in [3.8, 4) is 0 Å². The third kappa shape index (κ3) is 2.72. The Labute approximate surface area is 118 Å². The highest BCUT2D eigenvalue weighted by molar-refractivity contribution is 6.34. The molecule has 19 heavy (non-hydrogen) atoms. The van der Waals surface area contributed by atoms with Crippen LogP contribution in [0.3, 0.4) is 0 Å². The van der Waals surface area contributed by atoms with Gasteiger partial charge in [-0.1, -0.05) is 23.2 Å². The summed E-state index contributed by atoms with van der Waals surface area (Å²) < 4.78 is 1.21. The summed E-state index contributed by atoms with van der Waals surface area (Å²) >= 11 is 11.7. The highest BCUT2D eigenvalue weighted by Gasteiger charge is 2.09. The second-order valence-corrected chi connectivity index (χ2v) is 4.98. The number of hydrogen-bond acceptors (Lipinski definition) is 3. The maximum atomic E-state index is 12.0. The lowest BCUT2D eigenvalue weighted by atomic mass is 10.2. The van der Waals surface area contributed by atoms with Gasteiger partial charge in [-0.3, -0.25) is 14.7 Å². The largest absolute Gasteiger partial charge is 0.268 e. The Balaban J connectivity index is 2.50. The second kappa shape index (κ2) is 5.19. The monoisotopic (exact) mass is 299 g/mol. The van der Waals surface area contributed by atoms with Crippen molar-refractivity contribution in [3.63, 3.8) is 0 Å². The van der Waals surface area contributed by atoms with Gasteiger partial charge < -0.3 is 0 Å². The number of halogens is 2. The minimum absolute atomic E-state index is 0.137. The minimum Gasteiger partial charge on any atom is -0.268 e. The van der Waals surface area contributed by atoms with Gasteiger partial charge >= 0.3 is 0 Å². The molecule has 0 aliphatic rings. The molecule has 7 heteroatoms. The number of nitrogens with one attached hydrogen (secondary N) is 1. The molecule has 0 aliphatic heterocycles. The van der Waals surface area contributed by atoms with E-state index in [1.165, 1.54) is 16.9 Å². The molecule has 0 atom stereocenters. The number of rotatable bonds is 2. The van der Waals surface area contributed by atoms with Crippen molar-refractivity contribution < 1.29 is 0 Å². The van der Waals surface area contributed by atoms with Crippen molar-refractivity contribution in [1.29, 1.82) is 0 Å². The molecule has 0 saturated carbocycles. The molecule has 0 spiro atoms. The van der Waals surface area contributed by atoms with Gasteiger partial charge in [0.1, 0.15) is 5.15 Å². The standard InChI is InChI=1S/C12H11Cl2N3O2/c1-6-7(2)12(19)17(16-11(6)18)5-8-4-15-10(14)3-9(8)13/h3-4H,5H2,1-2H3,(H,16,18). The molecule has 0 aliphatic carbocycles. The Morgan fingerprint density at radius 1 is 1.26 bits per heavy atom. The van der Waals surface area contributed by atoms with Gasteiger partial charge in [-0.25, -0.2) is 9.67 Å². The molecule has 0 radical (unpaired) electrons. The van der Waals surface area contributed by atoms with Gasteiger partial charge in [0.2, 0.25) is 0 Å². The van der Waals surface area contributed by atoms with Crippen LogP contribution in [0.15, 0.2) is 21.9 Å². The SMILES string of the molecule is Cc1c(C)c(=O)n(Cc2cnc(Cl)cc2Cl)[nH]c1=O. The van der Waals surface area contributed by atoms with Crippen molar-refractivity contribution in [2.24, 2.45) is 0 Å². The molecule has 2 rings (SSSR count). The third-order valence-electron chi connectivity index (χ3n) is 2.93. The molecular formula is C12H11Cl2N3O2. The van der Waals surface area contributed by atoms with Gasteiger partial charge in [0.15, 0.2) is 0 Å². The summed E-state index contributed by atoms with van der Waals surface area (Å²) in [6.45, 7) is 3.36. The minimum atomic E-state index is -0.296. The zero-order chi connectivity index (χ0) is 14.2. The number of hydrogen-bond donors (Lipinski definition) is 1. The number of aromatic amines is 1. The lowest BCUT2D eigenvalue weighted by Gasteiger charge is -2.09. The lowest BCUT2D eigenvalue weighted by Crippen LogP contribution is -2.33. The molecule has 0 unspecified atom stereocenters. The summed E-state index contributed by atoms with van der Waals surface area (Å²) in [6.07, 6.45) is 1.48. The van der Waals surface area contributed by atoms with E-state index in [0.29, 0.717) is 21.7 Å². The number of pyridine rings is 1. The molecule has 0 bridgehead atoms. The molecular weight excluding hydrogens is 289 g/mol. The Hall–Kier alpha value is -1.59. The summed E-state index contributed by atoms with van der Waals surface area (Å²) in [4.78, 5) is 27.6. The first-order valence-electron chi connectivity index (χ1n) is 5.50. The fourth-order valence-electron chi connectivity index (χ4n) is 1.62. The summed E-state index contributed by atoms with van der Waals surface area (Å²) in [5.41, 5.74) is 0.883. The third-order valence-corrected chi connectivity index (χ3v) is 3.49. The normalized spacial score (nSPS) is 10.7. The number of nitrogens with zero attached hydrogens (tertiary/aromatic N) is 2. The van der Waals surface area contributed by atoms with Crippen molar-refractivity contribution in [2.45, 2.75) is 20.4 Å². The first-order valence-corrected chi connectivity index (χ1v) is 6.26. The van der Waals surface area contributed by atoms with Crippen LogP contribution >= 0.6 is 23.2 Å². The van der Waals surface area contributed by atoms with Crippen LogP contribution < -0.4 is 11.1 Å². The van der Waals surface area contributed by atoms with Crippen LogP contribution in [0.25, 0.3) is 0 Å². The van der Waals surface area contributed by atoms with Gasteiger partial charge in [-0.2, -0.15) is 0 Å². The number of aromatic nitrogens is 3. The lowest BCUT2D eigenvalue weighted by molar-refractivity contribution is 0.617. The van der Waals surface area contributed by atoms with E-state index in [2.05, 4.69) is 10.1 Å².